The van der Waals surface area contributed by atoms with E-state index in [2.05, 4.69) is 0 Å². The lowest BCUT2D eigenvalue weighted by Gasteiger charge is -2.01. The molecule has 0 aliphatic rings. The molecule has 13 heavy (non-hydrogen) atoms. The average molecular weight is 177 g/mol. The van der Waals surface area contributed by atoms with E-state index < -0.39 is 11.8 Å². The lowest BCUT2D eigenvalue weighted by Crippen LogP contribution is -2.32. The number of hydrogen-bond donors (Lipinski definition) is 0. The van der Waals surface area contributed by atoms with E-state index in [1.54, 1.807) is 12.1 Å². The van der Waals surface area contributed by atoms with Crippen LogP contribution in [0.3, 0.4) is 0 Å². The lowest BCUT2D eigenvalue weighted by molar-refractivity contribution is -0.299. The maximum Gasteiger partial charge on any atom is 0.182 e. The summed E-state index contributed by atoms with van der Waals surface area (Å²) in [5, 5.41) is 10.1. The van der Waals surface area contributed by atoms with Gasteiger partial charge >= 0.3 is 0 Å². The zero-order valence-electron chi connectivity index (χ0n) is 7.24. The number of carboxylic acids is 1. The van der Waals surface area contributed by atoms with Gasteiger partial charge in [-0.1, -0.05) is 29.8 Å². The van der Waals surface area contributed by atoms with Gasteiger partial charge in [-0.15, -0.1) is 0 Å². The second-order valence-corrected chi connectivity index (χ2v) is 2.87. The van der Waals surface area contributed by atoms with Gasteiger partial charge in [0.2, 0.25) is 0 Å². The number of carboxylic acid groups (broad SMARTS) is 1. The van der Waals surface area contributed by atoms with Crippen LogP contribution in [0.2, 0.25) is 0 Å². The van der Waals surface area contributed by atoms with Gasteiger partial charge in [0.15, 0.2) is 5.78 Å². The second kappa shape index (κ2) is 3.85. The number of Topliss-reactive ketones (excluding diaryl/α,β-unsaturated/α-hetero) is 1. The molecule has 0 saturated heterocycles. The van der Waals surface area contributed by atoms with Gasteiger partial charge in [0.05, 0.1) is 0 Å². The highest BCUT2D eigenvalue weighted by atomic mass is 16.4. The average Bonchev–Trinajstić information content (AvgIpc) is 2.08. The first-order chi connectivity index (χ1) is 6.09. The molecular formula is C10H9O3-. The molecule has 0 bridgehead atoms. The van der Waals surface area contributed by atoms with Crippen molar-refractivity contribution in [1.29, 1.82) is 0 Å². The van der Waals surface area contributed by atoms with Gasteiger partial charge in [0, 0.05) is 6.42 Å². The molecule has 0 saturated carbocycles. The van der Waals surface area contributed by atoms with Gasteiger partial charge in [-0.2, -0.15) is 0 Å². The predicted molar refractivity (Wildman–Crippen MR) is 44.9 cm³/mol. The summed E-state index contributed by atoms with van der Waals surface area (Å²) in [7, 11) is 0. The summed E-state index contributed by atoms with van der Waals surface area (Å²) in [4.78, 5) is 20.8. The minimum Gasteiger partial charge on any atom is -0.542 e. The van der Waals surface area contributed by atoms with Gasteiger partial charge in [-0.3, -0.25) is 4.79 Å². The van der Waals surface area contributed by atoms with Crippen molar-refractivity contribution >= 4 is 11.8 Å². The Balaban J connectivity index is 2.70. The van der Waals surface area contributed by atoms with Crippen LogP contribution in [-0.2, 0) is 16.0 Å². The fourth-order valence-electron chi connectivity index (χ4n) is 0.963. The first-order valence-electron chi connectivity index (χ1n) is 3.89. The third-order valence-corrected chi connectivity index (χ3v) is 1.71. The third kappa shape index (κ3) is 2.71. The van der Waals surface area contributed by atoms with Crippen LogP contribution in [0.25, 0.3) is 0 Å². The SMILES string of the molecule is Cc1ccc(CC(=O)C(=O)[O-])cc1. The normalized spacial score (nSPS) is 9.62. The number of aliphatic carboxylic acids is 1. The standard InChI is InChI=1S/C10H10O3/c1-7-2-4-8(5-3-7)6-9(11)10(12)13/h2-5H,6H2,1H3,(H,12,13)/p-1. The summed E-state index contributed by atoms with van der Waals surface area (Å²) in [6.45, 7) is 1.92. The molecular weight excluding hydrogens is 168 g/mol. The highest BCUT2D eigenvalue weighted by molar-refractivity contribution is 6.32. The summed E-state index contributed by atoms with van der Waals surface area (Å²) >= 11 is 0. The zero-order valence-corrected chi connectivity index (χ0v) is 7.24. The van der Waals surface area contributed by atoms with E-state index in [4.69, 9.17) is 0 Å². The maximum atomic E-state index is 10.7. The van der Waals surface area contributed by atoms with E-state index in [0.29, 0.717) is 5.56 Å². The molecule has 0 heterocycles. The zero-order chi connectivity index (χ0) is 9.84. The Kier molecular flexibility index (Phi) is 2.80. The Bertz CT molecular complexity index is 325. The van der Waals surface area contributed by atoms with Gasteiger partial charge in [-0.25, -0.2) is 0 Å². The minimum atomic E-state index is -1.62. The van der Waals surface area contributed by atoms with E-state index in [-0.39, 0.29) is 6.42 Å². The number of aryl methyl sites for hydroxylation is 1. The number of rotatable bonds is 3. The number of carbonyl (C=O) groups is 2. The highest BCUT2D eigenvalue weighted by Crippen LogP contribution is 2.03. The first kappa shape index (κ1) is 9.45. The molecule has 3 heteroatoms. The number of hydrogen-bond acceptors (Lipinski definition) is 3. The Labute approximate surface area is 76.0 Å². The summed E-state index contributed by atoms with van der Waals surface area (Å²) in [6, 6.07) is 7.13. The van der Waals surface area contributed by atoms with Crippen LogP contribution >= 0.6 is 0 Å². The van der Waals surface area contributed by atoms with E-state index in [1.807, 2.05) is 19.1 Å². The molecule has 0 aliphatic heterocycles. The predicted octanol–water partition coefficient (Wildman–Crippen LogP) is -0.143. The number of carbonyl (C=O) groups excluding carboxylic acids is 2. The molecule has 68 valence electrons. The molecule has 0 amide bonds. The summed E-state index contributed by atoms with van der Waals surface area (Å²) in [6.07, 6.45) is -0.0946. The molecule has 0 spiro atoms. The molecule has 0 atom stereocenters. The van der Waals surface area contributed by atoms with E-state index in [0.717, 1.165) is 5.56 Å². The van der Waals surface area contributed by atoms with Crippen molar-refractivity contribution in [1.82, 2.24) is 0 Å². The fraction of sp³-hybridized carbons (Fsp3) is 0.200. The molecule has 1 aromatic rings. The van der Waals surface area contributed by atoms with Gasteiger partial charge < -0.3 is 9.90 Å². The summed E-state index contributed by atoms with van der Waals surface area (Å²) in [5.41, 5.74) is 1.77. The summed E-state index contributed by atoms with van der Waals surface area (Å²) in [5.74, 6) is -2.51. The Morgan fingerprint density at radius 3 is 2.23 bits per heavy atom. The van der Waals surface area contributed by atoms with Crippen molar-refractivity contribution in [3.05, 3.63) is 35.4 Å². The van der Waals surface area contributed by atoms with Gasteiger partial charge in [0.1, 0.15) is 5.97 Å². The van der Waals surface area contributed by atoms with Crippen LogP contribution in [0.15, 0.2) is 24.3 Å². The monoisotopic (exact) mass is 177 g/mol. The van der Waals surface area contributed by atoms with Gasteiger partial charge in [0.25, 0.3) is 0 Å². The van der Waals surface area contributed by atoms with E-state index >= 15 is 0 Å². The molecule has 1 rings (SSSR count). The van der Waals surface area contributed by atoms with Crippen LogP contribution in [0, 0.1) is 6.92 Å². The Hall–Kier alpha value is -1.64. The molecule has 1 aromatic carbocycles. The molecule has 0 fully saturated rings. The first-order valence-corrected chi connectivity index (χ1v) is 3.89. The molecule has 0 unspecified atom stereocenters. The lowest BCUT2D eigenvalue weighted by atomic mass is 10.1. The third-order valence-electron chi connectivity index (χ3n) is 1.71. The second-order valence-electron chi connectivity index (χ2n) is 2.87. The quantitative estimate of drug-likeness (QED) is 0.603. The summed E-state index contributed by atoms with van der Waals surface area (Å²) < 4.78 is 0. The molecule has 0 aromatic heterocycles. The van der Waals surface area contributed by atoms with Crippen LogP contribution < -0.4 is 5.11 Å². The van der Waals surface area contributed by atoms with Crippen LogP contribution in [0.5, 0.6) is 0 Å². The Morgan fingerprint density at radius 1 is 1.23 bits per heavy atom. The maximum absolute atomic E-state index is 10.7. The van der Waals surface area contributed by atoms with Crippen molar-refractivity contribution in [2.45, 2.75) is 13.3 Å². The molecule has 0 radical (unpaired) electrons. The highest BCUT2D eigenvalue weighted by Gasteiger charge is 2.03. The largest absolute Gasteiger partial charge is 0.542 e. The molecule has 0 N–H and O–H groups in total. The van der Waals surface area contributed by atoms with Crippen LogP contribution in [-0.4, -0.2) is 11.8 Å². The minimum absolute atomic E-state index is 0.0946. The van der Waals surface area contributed by atoms with Crippen molar-refractivity contribution < 1.29 is 14.7 Å². The van der Waals surface area contributed by atoms with Crippen molar-refractivity contribution in [3.8, 4) is 0 Å². The van der Waals surface area contributed by atoms with Crippen molar-refractivity contribution in [2.24, 2.45) is 0 Å². The van der Waals surface area contributed by atoms with Crippen LogP contribution in [0.1, 0.15) is 11.1 Å². The topological polar surface area (TPSA) is 57.2 Å². The Morgan fingerprint density at radius 2 is 1.77 bits per heavy atom. The van der Waals surface area contributed by atoms with Crippen molar-refractivity contribution in [3.63, 3.8) is 0 Å². The number of ketones is 1. The van der Waals surface area contributed by atoms with Gasteiger partial charge in [-0.05, 0) is 12.5 Å². The van der Waals surface area contributed by atoms with Crippen molar-refractivity contribution in [2.75, 3.05) is 0 Å². The van der Waals surface area contributed by atoms with E-state index in [9.17, 15) is 14.7 Å². The van der Waals surface area contributed by atoms with E-state index in [1.165, 1.54) is 0 Å². The number of benzene rings is 1. The van der Waals surface area contributed by atoms with Crippen LogP contribution in [0.4, 0.5) is 0 Å². The fourth-order valence-corrected chi connectivity index (χ4v) is 0.963. The molecule has 3 nitrogen and oxygen atoms in total. The molecule has 0 aliphatic carbocycles. The smallest absolute Gasteiger partial charge is 0.182 e.